The first-order chi connectivity index (χ1) is 9.65. The van der Waals surface area contributed by atoms with Crippen LogP contribution in [-0.4, -0.2) is 42.0 Å². The van der Waals surface area contributed by atoms with E-state index in [4.69, 9.17) is 13.3 Å². The summed E-state index contributed by atoms with van der Waals surface area (Å²) in [6, 6.07) is 0.832. The summed E-state index contributed by atoms with van der Waals surface area (Å²) in [5, 5.41) is 0. The number of aryl methyl sites for hydroxylation is 2. The summed E-state index contributed by atoms with van der Waals surface area (Å²) in [7, 11) is -1.43. The van der Waals surface area contributed by atoms with Gasteiger partial charge in [-0.15, -0.1) is 0 Å². The van der Waals surface area contributed by atoms with E-state index >= 15 is 0 Å². The van der Waals surface area contributed by atoms with Gasteiger partial charge in [-0.1, -0.05) is 0 Å². The van der Waals surface area contributed by atoms with Crippen LogP contribution in [0, 0.1) is 0 Å². The summed E-state index contributed by atoms with van der Waals surface area (Å²) < 4.78 is 59.2. The minimum atomic E-state index is -6.00. The molecule has 0 fully saturated rings. The van der Waals surface area contributed by atoms with Crippen LogP contribution in [0.2, 0.25) is 6.04 Å². The number of hydrogen-bond donors (Lipinski definition) is 0. The number of halogens is 4. The van der Waals surface area contributed by atoms with Crippen molar-refractivity contribution in [2.45, 2.75) is 19.0 Å². The quantitative estimate of drug-likeness (QED) is 0.435. The van der Waals surface area contributed by atoms with Crippen LogP contribution in [0.15, 0.2) is 18.7 Å². The van der Waals surface area contributed by atoms with Crippen LogP contribution in [0.25, 0.3) is 0 Å². The van der Waals surface area contributed by atoms with Crippen LogP contribution in [0.3, 0.4) is 0 Å². The van der Waals surface area contributed by atoms with Crippen molar-refractivity contribution in [3.63, 3.8) is 0 Å². The third kappa shape index (κ3) is 9.61. The number of imidazole rings is 1. The summed E-state index contributed by atoms with van der Waals surface area (Å²) in [6.45, 7) is 0.950. The fourth-order valence-corrected chi connectivity index (χ4v) is 3.37. The average molecular weight is 332 g/mol. The molecule has 1 rings (SSSR count). The highest BCUT2D eigenvalue weighted by atomic mass is 28.4. The summed E-state index contributed by atoms with van der Waals surface area (Å²) in [6.07, 6.45) is 7.11. The van der Waals surface area contributed by atoms with E-state index in [1.807, 2.05) is 17.8 Å². The number of aromatic nitrogens is 2. The molecule has 0 aliphatic rings. The Hall–Kier alpha value is -0.908. The Morgan fingerprint density at radius 3 is 1.90 bits per heavy atom. The predicted molar refractivity (Wildman–Crippen MR) is 72.0 cm³/mol. The first-order valence-corrected chi connectivity index (χ1v) is 8.12. The average Bonchev–Trinajstić information content (AvgIpc) is 2.79. The van der Waals surface area contributed by atoms with Crippen molar-refractivity contribution in [2.24, 2.45) is 7.05 Å². The van der Waals surface area contributed by atoms with Gasteiger partial charge in [0.05, 0.1) is 13.6 Å². The van der Waals surface area contributed by atoms with Crippen molar-refractivity contribution >= 4 is 16.1 Å². The van der Waals surface area contributed by atoms with E-state index in [2.05, 4.69) is 17.1 Å². The standard InChI is InChI=1S/C10H21N2O3Si.BF4/c1-11-7-8-12(10-11)6-5-9-16(13-2,14-3)15-4;2-1(3,4)5/h7-8,10H,5-6,9H2,1-4H3;/q+1;-1. The summed E-state index contributed by atoms with van der Waals surface area (Å²) in [4.78, 5) is 0. The lowest BCUT2D eigenvalue weighted by Gasteiger charge is -2.23. The second-order valence-electron chi connectivity index (χ2n) is 4.21. The summed E-state index contributed by atoms with van der Waals surface area (Å²) in [5.41, 5.74) is 0. The molecule has 0 aromatic carbocycles. The highest BCUT2D eigenvalue weighted by molar-refractivity contribution is 6.60. The normalized spacial score (nSPS) is 12.0. The summed E-state index contributed by atoms with van der Waals surface area (Å²) >= 11 is 0. The Morgan fingerprint density at radius 2 is 1.57 bits per heavy atom. The van der Waals surface area contributed by atoms with Crippen molar-refractivity contribution in [2.75, 3.05) is 21.3 Å². The van der Waals surface area contributed by atoms with Crippen LogP contribution in [0.1, 0.15) is 6.42 Å². The minimum absolute atomic E-state index is 0.832. The second-order valence-corrected chi connectivity index (χ2v) is 7.30. The predicted octanol–water partition coefficient (Wildman–Crippen LogP) is 1.88. The van der Waals surface area contributed by atoms with Gasteiger partial charge in [-0.05, 0) is 6.42 Å². The molecule has 1 aromatic rings. The zero-order chi connectivity index (χ0) is 16.5. The van der Waals surface area contributed by atoms with Crippen molar-refractivity contribution in [1.82, 2.24) is 4.57 Å². The minimum Gasteiger partial charge on any atom is -0.418 e. The molecule has 0 aliphatic carbocycles. The smallest absolute Gasteiger partial charge is 0.418 e. The molecule has 21 heavy (non-hydrogen) atoms. The Labute approximate surface area is 122 Å². The SMILES string of the molecule is CO[Si](CCCn1cc[n+](C)c1)(OC)OC.F[B-](F)(F)F. The molecule has 5 nitrogen and oxygen atoms in total. The Balaban J connectivity index is 0.000000690. The fraction of sp³-hybridized carbons (Fsp3) is 0.700. The molecule has 11 heteroatoms. The monoisotopic (exact) mass is 332 g/mol. The molecule has 0 bridgehead atoms. The van der Waals surface area contributed by atoms with Crippen LogP contribution in [-0.2, 0) is 26.9 Å². The Kier molecular flexibility index (Phi) is 8.78. The number of rotatable bonds is 7. The molecule has 0 saturated heterocycles. The van der Waals surface area contributed by atoms with E-state index in [1.165, 1.54) is 0 Å². The summed E-state index contributed by atoms with van der Waals surface area (Å²) in [5.74, 6) is 0. The highest BCUT2D eigenvalue weighted by Crippen LogP contribution is 2.15. The molecule has 0 N–H and O–H groups in total. The fourth-order valence-electron chi connectivity index (χ4n) is 1.67. The van der Waals surface area contributed by atoms with E-state index in [0.29, 0.717) is 0 Å². The molecule has 0 unspecified atom stereocenters. The second kappa shape index (κ2) is 9.18. The van der Waals surface area contributed by atoms with Crippen LogP contribution >= 0.6 is 0 Å². The van der Waals surface area contributed by atoms with Crippen LogP contribution in [0.4, 0.5) is 17.3 Å². The lowest BCUT2D eigenvalue weighted by atomic mass is 10.3. The van der Waals surface area contributed by atoms with Gasteiger partial charge in [-0.25, -0.2) is 9.13 Å². The van der Waals surface area contributed by atoms with E-state index in [9.17, 15) is 17.3 Å². The van der Waals surface area contributed by atoms with Crippen molar-refractivity contribution in [3.8, 4) is 0 Å². The number of nitrogens with zero attached hydrogens (tertiary/aromatic N) is 2. The maximum absolute atomic E-state index is 9.75. The van der Waals surface area contributed by atoms with Gasteiger partial charge in [0.1, 0.15) is 12.4 Å². The molecule has 0 radical (unpaired) electrons. The van der Waals surface area contributed by atoms with Gasteiger partial charge in [0.25, 0.3) is 0 Å². The lowest BCUT2D eigenvalue weighted by molar-refractivity contribution is -0.671. The topological polar surface area (TPSA) is 36.5 Å². The first-order valence-electron chi connectivity index (χ1n) is 6.19. The molecule has 1 aromatic heterocycles. The Bertz CT molecular complexity index is 388. The molecular formula is C10H21BF4N2O3Si. The molecule has 0 aliphatic heterocycles. The van der Waals surface area contributed by atoms with Crippen LogP contribution < -0.4 is 4.57 Å². The van der Waals surface area contributed by atoms with Gasteiger partial charge in [-0.3, -0.25) is 0 Å². The number of hydrogen-bond acceptors (Lipinski definition) is 3. The van der Waals surface area contributed by atoms with Crippen molar-refractivity contribution in [3.05, 3.63) is 18.7 Å². The maximum Gasteiger partial charge on any atom is 0.673 e. The van der Waals surface area contributed by atoms with E-state index in [1.54, 1.807) is 21.3 Å². The van der Waals surface area contributed by atoms with Gasteiger partial charge in [0.2, 0.25) is 6.33 Å². The molecular weight excluding hydrogens is 311 g/mol. The van der Waals surface area contributed by atoms with Gasteiger partial charge >= 0.3 is 16.1 Å². The lowest BCUT2D eigenvalue weighted by Crippen LogP contribution is -2.42. The zero-order valence-corrected chi connectivity index (χ0v) is 13.6. The third-order valence-electron chi connectivity index (χ3n) is 2.66. The van der Waals surface area contributed by atoms with E-state index in [0.717, 1.165) is 19.0 Å². The third-order valence-corrected chi connectivity index (χ3v) is 5.49. The van der Waals surface area contributed by atoms with Crippen molar-refractivity contribution in [1.29, 1.82) is 0 Å². The zero-order valence-electron chi connectivity index (χ0n) is 12.6. The van der Waals surface area contributed by atoms with Gasteiger partial charge in [0.15, 0.2) is 0 Å². The maximum atomic E-state index is 9.75. The van der Waals surface area contributed by atoms with E-state index in [-0.39, 0.29) is 0 Å². The Morgan fingerprint density at radius 1 is 1.10 bits per heavy atom. The van der Waals surface area contributed by atoms with E-state index < -0.39 is 16.1 Å². The van der Waals surface area contributed by atoms with Gasteiger partial charge < -0.3 is 30.5 Å². The molecule has 124 valence electrons. The molecule has 0 amide bonds. The van der Waals surface area contributed by atoms with Gasteiger partial charge in [-0.2, -0.15) is 0 Å². The molecule has 1 heterocycles. The molecule has 0 atom stereocenters. The molecule has 0 saturated carbocycles. The first kappa shape index (κ1) is 20.1. The highest BCUT2D eigenvalue weighted by Gasteiger charge is 2.37. The van der Waals surface area contributed by atoms with Gasteiger partial charge in [0, 0.05) is 27.4 Å². The molecule has 0 spiro atoms. The largest absolute Gasteiger partial charge is 0.673 e. The van der Waals surface area contributed by atoms with Crippen molar-refractivity contribution < 1.29 is 35.1 Å². The van der Waals surface area contributed by atoms with Crippen LogP contribution in [0.5, 0.6) is 0 Å².